The molecule has 19 heavy (non-hydrogen) atoms. The van der Waals surface area contributed by atoms with E-state index in [-0.39, 0.29) is 12.6 Å². The van der Waals surface area contributed by atoms with E-state index in [2.05, 4.69) is 4.72 Å². The van der Waals surface area contributed by atoms with Crippen LogP contribution in [0.1, 0.15) is 26.3 Å². The molecule has 0 heterocycles. The van der Waals surface area contributed by atoms with Crippen LogP contribution in [0, 0.1) is 0 Å². The maximum Gasteiger partial charge on any atom is 0.279 e. The van der Waals surface area contributed by atoms with Crippen LogP contribution in [0.5, 0.6) is 0 Å². The molecule has 1 aromatic carbocycles. The Morgan fingerprint density at radius 1 is 1.32 bits per heavy atom. The average molecular weight is 286 g/mol. The monoisotopic (exact) mass is 286 g/mol. The minimum Gasteiger partial charge on any atom is -0.384 e. The summed E-state index contributed by atoms with van der Waals surface area (Å²) in [5, 5.41) is 10.3. The summed E-state index contributed by atoms with van der Waals surface area (Å²) in [6.45, 7) is 5.08. The van der Waals surface area contributed by atoms with Crippen molar-refractivity contribution in [1.82, 2.24) is 9.03 Å². The van der Waals surface area contributed by atoms with Crippen LogP contribution < -0.4 is 4.72 Å². The highest BCUT2D eigenvalue weighted by Gasteiger charge is 2.27. The summed E-state index contributed by atoms with van der Waals surface area (Å²) < 4.78 is 27.6. The van der Waals surface area contributed by atoms with Gasteiger partial charge in [-0.3, -0.25) is 0 Å². The fraction of sp³-hybridized carbons (Fsp3) is 0.538. The van der Waals surface area contributed by atoms with Gasteiger partial charge < -0.3 is 5.11 Å². The minimum absolute atomic E-state index is 0.0730. The average Bonchev–Trinajstić information content (AvgIpc) is 2.37. The molecule has 0 aliphatic heterocycles. The van der Waals surface area contributed by atoms with Gasteiger partial charge in [-0.15, -0.1) is 0 Å². The topological polar surface area (TPSA) is 69.6 Å². The van der Waals surface area contributed by atoms with Gasteiger partial charge >= 0.3 is 0 Å². The Bertz CT molecular complexity index is 498. The highest BCUT2D eigenvalue weighted by Crippen LogP contribution is 2.19. The number of nitrogens with zero attached hydrogens (tertiary/aromatic N) is 1. The van der Waals surface area contributed by atoms with E-state index < -0.39 is 15.8 Å². The van der Waals surface area contributed by atoms with E-state index in [4.69, 9.17) is 0 Å². The zero-order valence-electron chi connectivity index (χ0n) is 11.8. The van der Waals surface area contributed by atoms with E-state index in [0.29, 0.717) is 5.56 Å². The van der Waals surface area contributed by atoms with Gasteiger partial charge in [0.2, 0.25) is 0 Å². The van der Waals surface area contributed by atoms with Gasteiger partial charge in [-0.2, -0.15) is 17.4 Å². The third-order valence-corrected chi connectivity index (χ3v) is 4.79. The number of hydrogen-bond acceptors (Lipinski definition) is 3. The second kappa shape index (κ2) is 6.00. The first-order valence-corrected chi connectivity index (χ1v) is 7.61. The quantitative estimate of drug-likeness (QED) is 0.822. The summed E-state index contributed by atoms with van der Waals surface area (Å²) in [4.78, 5) is 0. The summed E-state index contributed by atoms with van der Waals surface area (Å²) in [6, 6.07) is 8.84. The Kier molecular flexibility index (Phi) is 5.09. The molecular weight excluding hydrogens is 264 g/mol. The molecule has 0 aliphatic rings. The van der Waals surface area contributed by atoms with Crippen molar-refractivity contribution < 1.29 is 13.5 Å². The van der Waals surface area contributed by atoms with Crippen molar-refractivity contribution in [3.05, 3.63) is 35.9 Å². The Morgan fingerprint density at radius 2 is 1.84 bits per heavy atom. The number of rotatable bonds is 6. The molecule has 0 amide bonds. The molecule has 108 valence electrons. The van der Waals surface area contributed by atoms with E-state index in [1.54, 1.807) is 45.0 Å². The first-order valence-electron chi connectivity index (χ1n) is 6.17. The molecule has 0 fully saturated rings. The zero-order valence-corrected chi connectivity index (χ0v) is 12.6. The molecule has 1 rings (SSSR count). The standard InChI is InChI=1S/C13H22N2O3S/c1-11(2)15(4)19(17,18)14-10-13(3,16)12-8-6-5-7-9-12/h5-9,11,14,16H,10H2,1-4H3. The molecule has 0 saturated heterocycles. The van der Waals surface area contributed by atoms with Crippen molar-refractivity contribution in [1.29, 1.82) is 0 Å². The molecule has 6 heteroatoms. The summed E-state index contributed by atoms with van der Waals surface area (Å²) in [5.74, 6) is 0. The summed E-state index contributed by atoms with van der Waals surface area (Å²) in [6.07, 6.45) is 0. The number of nitrogens with one attached hydrogen (secondary N) is 1. The Labute approximate surface area is 115 Å². The first kappa shape index (κ1) is 16.1. The largest absolute Gasteiger partial charge is 0.384 e. The van der Waals surface area contributed by atoms with E-state index in [0.717, 1.165) is 0 Å². The fourth-order valence-electron chi connectivity index (χ4n) is 1.51. The SMILES string of the molecule is CC(C)N(C)S(=O)(=O)NCC(C)(O)c1ccccc1. The predicted octanol–water partition coefficient (Wildman–Crippen LogP) is 1.07. The molecule has 0 radical (unpaired) electrons. The molecule has 0 bridgehead atoms. The normalized spacial score (nSPS) is 15.7. The van der Waals surface area contributed by atoms with Gasteiger partial charge in [0.1, 0.15) is 5.60 Å². The molecule has 2 N–H and O–H groups in total. The maximum atomic E-state index is 12.0. The lowest BCUT2D eigenvalue weighted by atomic mass is 9.97. The predicted molar refractivity (Wildman–Crippen MR) is 75.8 cm³/mol. The molecular formula is C13H22N2O3S. The van der Waals surface area contributed by atoms with E-state index >= 15 is 0 Å². The summed E-state index contributed by atoms with van der Waals surface area (Å²) in [5.41, 5.74) is -0.573. The van der Waals surface area contributed by atoms with E-state index in [1.807, 2.05) is 6.07 Å². The van der Waals surface area contributed by atoms with Gasteiger partial charge in [-0.05, 0) is 26.3 Å². The van der Waals surface area contributed by atoms with Gasteiger partial charge in [0, 0.05) is 19.6 Å². The van der Waals surface area contributed by atoms with Gasteiger partial charge in [0.25, 0.3) is 10.2 Å². The highest BCUT2D eigenvalue weighted by atomic mass is 32.2. The lowest BCUT2D eigenvalue weighted by molar-refractivity contribution is 0.0622. The van der Waals surface area contributed by atoms with Crippen LogP contribution in [0.2, 0.25) is 0 Å². The maximum absolute atomic E-state index is 12.0. The van der Waals surface area contributed by atoms with Crippen LogP contribution in [-0.2, 0) is 15.8 Å². The van der Waals surface area contributed by atoms with Crippen LogP contribution in [0.25, 0.3) is 0 Å². The van der Waals surface area contributed by atoms with Crippen molar-refractivity contribution in [3.8, 4) is 0 Å². The van der Waals surface area contributed by atoms with Crippen molar-refractivity contribution in [2.45, 2.75) is 32.4 Å². The molecule has 0 spiro atoms. The zero-order chi connectivity index (χ0) is 14.7. The van der Waals surface area contributed by atoms with Crippen LogP contribution in [0.4, 0.5) is 0 Å². The van der Waals surface area contributed by atoms with Crippen LogP contribution in [0.3, 0.4) is 0 Å². The lowest BCUT2D eigenvalue weighted by Crippen LogP contribution is -2.46. The van der Waals surface area contributed by atoms with Gasteiger partial charge in [0.05, 0.1) is 0 Å². The molecule has 0 saturated carbocycles. The highest BCUT2D eigenvalue weighted by molar-refractivity contribution is 7.87. The second-order valence-electron chi connectivity index (χ2n) is 5.08. The minimum atomic E-state index is -3.58. The van der Waals surface area contributed by atoms with Gasteiger partial charge in [0.15, 0.2) is 0 Å². The number of hydrogen-bond donors (Lipinski definition) is 2. The van der Waals surface area contributed by atoms with Crippen molar-refractivity contribution >= 4 is 10.2 Å². The van der Waals surface area contributed by atoms with E-state index in [9.17, 15) is 13.5 Å². The number of aliphatic hydroxyl groups is 1. The lowest BCUT2D eigenvalue weighted by Gasteiger charge is -2.27. The van der Waals surface area contributed by atoms with Gasteiger partial charge in [-0.25, -0.2) is 0 Å². The van der Waals surface area contributed by atoms with Crippen LogP contribution >= 0.6 is 0 Å². The third-order valence-electron chi connectivity index (χ3n) is 3.10. The molecule has 1 aromatic rings. The third kappa shape index (κ3) is 4.28. The van der Waals surface area contributed by atoms with Crippen molar-refractivity contribution in [2.75, 3.05) is 13.6 Å². The second-order valence-corrected chi connectivity index (χ2v) is 6.89. The van der Waals surface area contributed by atoms with E-state index in [1.165, 1.54) is 11.4 Å². The van der Waals surface area contributed by atoms with Gasteiger partial charge in [-0.1, -0.05) is 30.3 Å². The van der Waals surface area contributed by atoms with Crippen molar-refractivity contribution in [3.63, 3.8) is 0 Å². The van der Waals surface area contributed by atoms with Crippen LogP contribution in [-0.4, -0.2) is 37.5 Å². The molecule has 5 nitrogen and oxygen atoms in total. The summed E-state index contributed by atoms with van der Waals surface area (Å²) in [7, 11) is -2.07. The first-order chi connectivity index (χ1) is 8.67. The molecule has 1 atom stereocenters. The molecule has 0 aliphatic carbocycles. The fourth-order valence-corrected chi connectivity index (χ4v) is 2.73. The Morgan fingerprint density at radius 3 is 2.32 bits per heavy atom. The number of benzene rings is 1. The smallest absolute Gasteiger partial charge is 0.279 e. The summed E-state index contributed by atoms with van der Waals surface area (Å²) >= 11 is 0. The van der Waals surface area contributed by atoms with Crippen LogP contribution in [0.15, 0.2) is 30.3 Å². The molecule has 0 aromatic heterocycles. The Hall–Kier alpha value is -0.950. The molecule has 1 unspecified atom stereocenters. The Balaban J connectivity index is 2.76. The van der Waals surface area contributed by atoms with Crippen molar-refractivity contribution in [2.24, 2.45) is 0 Å².